The minimum Gasteiger partial charge on any atom is -0.475 e. The van der Waals surface area contributed by atoms with Crippen LogP contribution in [0.2, 0.25) is 0 Å². The Bertz CT molecular complexity index is 1120. The van der Waals surface area contributed by atoms with Gasteiger partial charge in [0.15, 0.2) is 11.6 Å². The molecule has 2 unspecified atom stereocenters. The van der Waals surface area contributed by atoms with Gasteiger partial charge in [0.2, 0.25) is 5.76 Å². The van der Waals surface area contributed by atoms with Gasteiger partial charge >= 0.3 is 12.1 Å². The Balaban J connectivity index is 0.000000454. The molecule has 2 aromatic carbocycles. The van der Waals surface area contributed by atoms with Gasteiger partial charge in [-0.05, 0) is 42.8 Å². The summed E-state index contributed by atoms with van der Waals surface area (Å²) in [5.74, 6) is -4.35. The highest BCUT2D eigenvalue weighted by Gasteiger charge is 2.38. The van der Waals surface area contributed by atoms with Crippen LogP contribution in [0.15, 0.2) is 54.4 Å². The molecule has 1 saturated heterocycles. The number of alkyl halides is 3. The minimum absolute atomic E-state index is 0.0480. The first kappa shape index (κ1) is 26.9. The van der Waals surface area contributed by atoms with Crippen molar-refractivity contribution in [3.8, 4) is 5.75 Å². The predicted molar refractivity (Wildman–Crippen MR) is 117 cm³/mol. The van der Waals surface area contributed by atoms with Gasteiger partial charge in [0, 0.05) is 13.1 Å². The number of halogens is 5. The number of carboxylic acids is 1. The summed E-state index contributed by atoms with van der Waals surface area (Å²) in [7, 11) is 0. The molecule has 0 spiro atoms. The maximum Gasteiger partial charge on any atom is 0.490 e. The highest BCUT2D eigenvalue weighted by atomic mass is 19.4. The van der Waals surface area contributed by atoms with E-state index in [9.17, 15) is 31.9 Å². The number of amides is 1. The zero-order chi connectivity index (χ0) is 26.5. The number of carboxylic acid groups (broad SMARTS) is 1. The van der Waals surface area contributed by atoms with Gasteiger partial charge in [0.25, 0.3) is 5.91 Å². The van der Waals surface area contributed by atoms with Crippen molar-refractivity contribution in [3.05, 3.63) is 71.6 Å². The van der Waals surface area contributed by atoms with Crippen LogP contribution in [-0.2, 0) is 16.1 Å². The number of aliphatic carboxylic acids is 1. The summed E-state index contributed by atoms with van der Waals surface area (Å²) in [6.45, 7) is 1.36. The second kappa shape index (κ2) is 11.4. The molecule has 2 aliphatic rings. The molecule has 0 aliphatic carbocycles. The molecule has 13 heteroatoms. The molecule has 2 aliphatic heterocycles. The number of benzene rings is 2. The third-order valence-corrected chi connectivity index (χ3v) is 5.24. The monoisotopic (exact) mass is 515 g/mol. The van der Waals surface area contributed by atoms with E-state index in [1.807, 2.05) is 0 Å². The van der Waals surface area contributed by atoms with Gasteiger partial charge in [-0.2, -0.15) is 13.2 Å². The van der Waals surface area contributed by atoms with Crippen molar-refractivity contribution in [2.45, 2.75) is 31.3 Å². The summed E-state index contributed by atoms with van der Waals surface area (Å²) in [5.41, 5.74) is 1.25. The summed E-state index contributed by atoms with van der Waals surface area (Å²) in [6.07, 6.45) is -3.73. The van der Waals surface area contributed by atoms with Crippen molar-refractivity contribution in [2.75, 3.05) is 18.0 Å². The number of carbonyl (C=O) groups excluding carboxylic acids is 1. The van der Waals surface area contributed by atoms with Gasteiger partial charge in [0.1, 0.15) is 5.82 Å². The Labute approximate surface area is 202 Å². The molecule has 4 rings (SSSR count). The lowest BCUT2D eigenvalue weighted by molar-refractivity contribution is -0.192. The van der Waals surface area contributed by atoms with E-state index in [-0.39, 0.29) is 17.3 Å². The maximum atomic E-state index is 14.4. The van der Waals surface area contributed by atoms with Crippen molar-refractivity contribution >= 4 is 17.6 Å². The fourth-order valence-corrected chi connectivity index (χ4v) is 3.44. The van der Waals surface area contributed by atoms with Gasteiger partial charge in [-0.25, -0.2) is 13.6 Å². The number of rotatable bonds is 4. The molecule has 1 amide bonds. The Morgan fingerprint density at radius 1 is 1.14 bits per heavy atom. The first-order chi connectivity index (χ1) is 17.0. The maximum absolute atomic E-state index is 14.4. The molecule has 1 fully saturated rings. The number of ether oxygens (including phenoxy) is 1. The molecule has 2 atom stereocenters. The lowest BCUT2D eigenvalue weighted by Gasteiger charge is -2.31. The Hall–Kier alpha value is -3.71. The van der Waals surface area contributed by atoms with Gasteiger partial charge < -0.3 is 30.5 Å². The number of nitrogens with zero attached hydrogens (tertiary/aromatic N) is 1. The summed E-state index contributed by atoms with van der Waals surface area (Å²) in [6, 6.07) is 10.0. The van der Waals surface area contributed by atoms with Crippen molar-refractivity contribution in [1.82, 2.24) is 10.6 Å². The molecule has 0 radical (unpaired) electrons. The van der Waals surface area contributed by atoms with E-state index in [0.29, 0.717) is 31.7 Å². The van der Waals surface area contributed by atoms with E-state index in [1.165, 1.54) is 24.4 Å². The van der Waals surface area contributed by atoms with E-state index in [1.54, 1.807) is 29.2 Å². The van der Waals surface area contributed by atoms with Crippen LogP contribution in [-0.4, -0.2) is 53.5 Å². The molecule has 0 saturated carbocycles. The van der Waals surface area contributed by atoms with E-state index in [0.717, 1.165) is 5.56 Å². The van der Waals surface area contributed by atoms with Gasteiger partial charge in [-0.1, -0.05) is 18.2 Å². The third-order valence-electron chi connectivity index (χ3n) is 5.24. The molecule has 194 valence electrons. The standard InChI is InChI=1S/C21H21F2N3O3.C2HF3O2/c22-14-6-4-13(5-7-14)11-26-12-19(29-20-15(23)2-1-3-17(20)26)21(28)25-16-8-9-24-10-18(16)27;3-2(4,5)1(6)7/h1-7,12,16,18,24,27H,8-11H2,(H,25,28);(H,6,7). The SMILES string of the molecule is O=C(NC1CCNCC1O)C1=CN(Cc2ccc(F)cc2)c2cccc(F)c2O1.O=C(O)C(F)(F)F. The average Bonchev–Trinajstić information content (AvgIpc) is 2.82. The lowest BCUT2D eigenvalue weighted by Crippen LogP contribution is -2.53. The number of hydrogen-bond donors (Lipinski definition) is 4. The number of aliphatic hydroxyl groups excluding tert-OH is 1. The third kappa shape index (κ3) is 6.92. The van der Waals surface area contributed by atoms with E-state index in [4.69, 9.17) is 14.6 Å². The number of hydrogen-bond acceptors (Lipinski definition) is 6. The largest absolute Gasteiger partial charge is 0.490 e. The normalized spacial score (nSPS) is 19.2. The number of carbonyl (C=O) groups is 2. The number of anilines is 1. The van der Waals surface area contributed by atoms with Crippen molar-refractivity contribution in [3.63, 3.8) is 0 Å². The summed E-state index contributed by atoms with van der Waals surface area (Å²) in [5, 5.41) is 23.0. The Morgan fingerprint density at radius 3 is 2.42 bits per heavy atom. The van der Waals surface area contributed by atoms with Crippen molar-refractivity contribution in [1.29, 1.82) is 0 Å². The highest BCUT2D eigenvalue weighted by Crippen LogP contribution is 2.37. The predicted octanol–water partition coefficient (Wildman–Crippen LogP) is 2.68. The number of nitrogens with one attached hydrogen (secondary N) is 2. The molecule has 0 aromatic heterocycles. The fraction of sp³-hybridized carbons (Fsp3) is 0.304. The van der Waals surface area contributed by atoms with Crippen LogP contribution in [0.5, 0.6) is 5.75 Å². The molecular formula is C23H22F5N3O5. The van der Waals surface area contributed by atoms with Crippen molar-refractivity contribution in [2.24, 2.45) is 0 Å². The Kier molecular flexibility index (Phi) is 8.48. The first-order valence-corrected chi connectivity index (χ1v) is 10.6. The molecular weight excluding hydrogens is 493 g/mol. The van der Waals surface area contributed by atoms with Crippen LogP contribution in [0.25, 0.3) is 0 Å². The summed E-state index contributed by atoms with van der Waals surface area (Å²) < 4.78 is 64.9. The Morgan fingerprint density at radius 2 is 1.81 bits per heavy atom. The molecule has 2 heterocycles. The van der Waals surface area contributed by atoms with Crippen LogP contribution in [0.4, 0.5) is 27.6 Å². The average molecular weight is 515 g/mol. The summed E-state index contributed by atoms with van der Waals surface area (Å²) in [4.78, 5) is 23.3. The molecule has 0 bridgehead atoms. The fourth-order valence-electron chi connectivity index (χ4n) is 3.44. The minimum atomic E-state index is -5.08. The topological polar surface area (TPSA) is 111 Å². The van der Waals surface area contributed by atoms with Gasteiger partial charge in [-0.3, -0.25) is 4.79 Å². The van der Waals surface area contributed by atoms with Gasteiger partial charge in [0.05, 0.1) is 24.0 Å². The smallest absolute Gasteiger partial charge is 0.475 e. The summed E-state index contributed by atoms with van der Waals surface area (Å²) >= 11 is 0. The zero-order valence-electron chi connectivity index (χ0n) is 18.6. The first-order valence-electron chi connectivity index (χ1n) is 10.6. The second-order valence-electron chi connectivity index (χ2n) is 7.88. The number of β-amino-alcohol motifs (C(OH)–C–C–N with tert-alkyl or cyclic N) is 1. The second-order valence-corrected chi connectivity index (χ2v) is 7.88. The van der Waals surface area contributed by atoms with E-state index >= 15 is 0 Å². The van der Waals surface area contributed by atoms with E-state index < -0.39 is 36.0 Å². The van der Waals surface area contributed by atoms with E-state index in [2.05, 4.69) is 10.6 Å². The molecule has 8 nitrogen and oxygen atoms in total. The number of aliphatic hydroxyl groups is 1. The molecule has 36 heavy (non-hydrogen) atoms. The van der Waals surface area contributed by atoms with Crippen LogP contribution in [0.3, 0.4) is 0 Å². The number of para-hydroxylation sites is 1. The number of fused-ring (bicyclic) bond motifs is 1. The highest BCUT2D eigenvalue weighted by molar-refractivity contribution is 5.93. The molecule has 4 N–H and O–H groups in total. The van der Waals surface area contributed by atoms with Crippen LogP contribution < -0.4 is 20.3 Å². The number of piperidine rings is 1. The van der Waals surface area contributed by atoms with Crippen molar-refractivity contribution < 1.29 is 46.5 Å². The van der Waals surface area contributed by atoms with Crippen LogP contribution in [0, 0.1) is 11.6 Å². The van der Waals surface area contributed by atoms with Crippen LogP contribution >= 0.6 is 0 Å². The van der Waals surface area contributed by atoms with Crippen LogP contribution in [0.1, 0.15) is 12.0 Å². The lowest BCUT2D eigenvalue weighted by atomic mass is 10.0. The zero-order valence-corrected chi connectivity index (χ0v) is 18.6. The van der Waals surface area contributed by atoms with Gasteiger partial charge in [-0.15, -0.1) is 0 Å². The quantitative estimate of drug-likeness (QED) is 0.464. The molecule has 2 aromatic rings.